The van der Waals surface area contributed by atoms with Crippen molar-refractivity contribution in [3.05, 3.63) is 220 Å². The molecule has 3 heterocycles. The fourth-order valence-electron chi connectivity index (χ4n) is 8.65. The molecule has 0 aromatic heterocycles. The molecule has 254 valence electrons. The smallest absolute Gasteiger partial charge is 0.169 e. The molecule has 0 amide bonds. The molecule has 0 bridgehead atoms. The molecule has 1 N–H and O–H groups in total. The van der Waals surface area contributed by atoms with Gasteiger partial charge in [0, 0.05) is 34.0 Å². The van der Waals surface area contributed by atoms with E-state index in [9.17, 15) is 0 Å². The lowest BCUT2D eigenvalue weighted by atomic mass is 9.65. The summed E-state index contributed by atoms with van der Waals surface area (Å²) in [7, 11) is 0. The maximum Gasteiger partial charge on any atom is 0.169 e. The van der Waals surface area contributed by atoms with Crippen LogP contribution in [0.5, 0.6) is 11.5 Å². The van der Waals surface area contributed by atoms with Crippen LogP contribution in [0.4, 0.5) is 0 Å². The van der Waals surface area contributed by atoms with Crippen LogP contribution in [0.15, 0.2) is 191 Å². The molecule has 4 aliphatic rings. The van der Waals surface area contributed by atoms with E-state index >= 15 is 0 Å². The predicted octanol–water partition coefficient (Wildman–Crippen LogP) is 10.7. The number of fused-ring (bicyclic) bond motifs is 9. The Balaban J connectivity index is 1.13. The van der Waals surface area contributed by atoms with E-state index in [0.717, 1.165) is 73.4 Å². The average Bonchev–Trinajstić information content (AvgIpc) is 3.51. The number of amidine groups is 2. The Labute approximate surface area is 313 Å². The zero-order valence-electron chi connectivity index (χ0n) is 29.1. The second-order valence-corrected chi connectivity index (χ2v) is 14.0. The molecule has 11 rings (SSSR count). The normalized spacial score (nSPS) is 16.7. The minimum atomic E-state index is -0.639. The molecule has 0 saturated carbocycles. The molecule has 0 radical (unpaired) electrons. The van der Waals surface area contributed by atoms with Crippen LogP contribution in [-0.4, -0.2) is 17.9 Å². The Kier molecular flexibility index (Phi) is 6.76. The summed E-state index contributed by atoms with van der Waals surface area (Å²) >= 11 is 0. The van der Waals surface area contributed by atoms with E-state index in [4.69, 9.17) is 14.7 Å². The molecular weight excluding hydrogens is 661 g/mol. The minimum absolute atomic E-state index is 0.483. The largest absolute Gasteiger partial charge is 0.457 e. The van der Waals surface area contributed by atoms with E-state index in [-0.39, 0.29) is 0 Å². The summed E-state index contributed by atoms with van der Waals surface area (Å²) in [5.41, 5.74) is 13.8. The highest BCUT2D eigenvalue weighted by Crippen LogP contribution is 2.62. The molecule has 1 unspecified atom stereocenters. The van der Waals surface area contributed by atoms with Gasteiger partial charge in [-0.25, -0.2) is 9.98 Å². The molecule has 7 aromatic rings. The zero-order chi connectivity index (χ0) is 35.6. The van der Waals surface area contributed by atoms with Gasteiger partial charge in [-0.1, -0.05) is 146 Å². The van der Waals surface area contributed by atoms with Crippen LogP contribution >= 0.6 is 0 Å². The molecule has 0 fully saturated rings. The van der Waals surface area contributed by atoms with E-state index in [2.05, 4.69) is 174 Å². The van der Waals surface area contributed by atoms with E-state index in [1.807, 2.05) is 18.4 Å². The van der Waals surface area contributed by atoms with Gasteiger partial charge in [-0.3, -0.25) is 4.99 Å². The number of allylic oxidation sites excluding steroid dienone is 1. The molecule has 3 aliphatic heterocycles. The maximum atomic E-state index is 6.63. The molecule has 7 aromatic carbocycles. The number of para-hydroxylation sites is 2. The number of hydrogen-bond donors (Lipinski definition) is 1. The summed E-state index contributed by atoms with van der Waals surface area (Å²) in [6, 6.07) is 59.9. The first-order valence-electron chi connectivity index (χ1n) is 18.3. The maximum absolute atomic E-state index is 6.63. The molecule has 5 nitrogen and oxygen atoms in total. The Morgan fingerprint density at radius 1 is 0.481 bits per heavy atom. The topological polar surface area (TPSA) is 58.3 Å². The van der Waals surface area contributed by atoms with Gasteiger partial charge in [-0.2, -0.15) is 0 Å². The molecule has 1 atom stereocenters. The van der Waals surface area contributed by atoms with Crippen LogP contribution in [0, 0.1) is 0 Å². The van der Waals surface area contributed by atoms with Crippen molar-refractivity contribution in [1.29, 1.82) is 0 Å². The summed E-state index contributed by atoms with van der Waals surface area (Å²) in [6.45, 7) is 0. The van der Waals surface area contributed by atoms with Gasteiger partial charge in [0.1, 0.15) is 23.2 Å². The highest BCUT2D eigenvalue weighted by atomic mass is 16.5. The Morgan fingerprint density at radius 2 is 1.06 bits per heavy atom. The fraction of sp³-hybridized carbons (Fsp3) is 0.0408. The van der Waals surface area contributed by atoms with Crippen LogP contribution in [0.3, 0.4) is 0 Å². The first-order chi connectivity index (χ1) is 26.8. The van der Waals surface area contributed by atoms with E-state index in [1.165, 1.54) is 22.3 Å². The highest BCUT2D eigenvalue weighted by Gasteiger charge is 2.52. The van der Waals surface area contributed by atoms with Gasteiger partial charge >= 0.3 is 0 Å². The van der Waals surface area contributed by atoms with Gasteiger partial charge in [0.2, 0.25) is 0 Å². The molecular formula is C49H32N4O. The first kappa shape index (κ1) is 30.5. The Morgan fingerprint density at radius 3 is 1.81 bits per heavy atom. The lowest BCUT2D eigenvalue weighted by Gasteiger charge is -2.40. The summed E-state index contributed by atoms with van der Waals surface area (Å²) in [5, 5.41) is 3.74. The van der Waals surface area contributed by atoms with Crippen molar-refractivity contribution in [2.24, 2.45) is 15.0 Å². The number of hydrogen-bond acceptors (Lipinski definition) is 5. The molecule has 54 heavy (non-hydrogen) atoms. The first-order valence-corrected chi connectivity index (χ1v) is 18.3. The van der Waals surface area contributed by atoms with Gasteiger partial charge in [0.15, 0.2) is 6.17 Å². The highest BCUT2D eigenvalue weighted by molar-refractivity contribution is 6.17. The molecule has 0 saturated heterocycles. The summed E-state index contributed by atoms with van der Waals surface area (Å²) in [4.78, 5) is 15.2. The van der Waals surface area contributed by atoms with Crippen LogP contribution in [-0.2, 0) is 5.41 Å². The monoisotopic (exact) mass is 692 g/mol. The Hall–Kier alpha value is -7.11. The van der Waals surface area contributed by atoms with E-state index in [0.29, 0.717) is 0 Å². The SMILES string of the molecule is C1=NC(c2cccc(-c3cccc(C4N=C(c5ccccc5)NC(c5cccc6c5C5(c7ccccc7Oc7ccccc75)c5ccccc5-6)=N4)c3)c2)=C1. The lowest BCUT2D eigenvalue weighted by molar-refractivity contribution is 0.436. The van der Waals surface area contributed by atoms with Crippen molar-refractivity contribution >= 4 is 23.6 Å². The fourth-order valence-corrected chi connectivity index (χ4v) is 8.65. The predicted molar refractivity (Wildman–Crippen MR) is 218 cm³/mol. The number of ether oxygens (including phenoxy) is 1. The second kappa shape index (κ2) is 12.0. The van der Waals surface area contributed by atoms with Crippen LogP contribution < -0.4 is 10.1 Å². The van der Waals surface area contributed by atoms with Crippen molar-refractivity contribution in [3.63, 3.8) is 0 Å². The Bertz CT molecular complexity index is 2750. The van der Waals surface area contributed by atoms with Crippen molar-refractivity contribution in [2.75, 3.05) is 0 Å². The third kappa shape index (κ3) is 4.55. The molecule has 1 spiro atoms. The third-order valence-corrected chi connectivity index (χ3v) is 11.0. The average molecular weight is 693 g/mol. The van der Waals surface area contributed by atoms with E-state index < -0.39 is 11.6 Å². The zero-order valence-corrected chi connectivity index (χ0v) is 29.1. The molecule has 1 aliphatic carbocycles. The van der Waals surface area contributed by atoms with E-state index in [1.54, 1.807) is 0 Å². The number of rotatable bonds is 5. The van der Waals surface area contributed by atoms with Gasteiger partial charge in [-0.05, 0) is 69.3 Å². The summed E-state index contributed by atoms with van der Waals surface area (Å²) in [5.74, 6) is 3.28. The molecule has 5 heteroatoms. The quantitative estimate of drug-likeness (QED) is 0.195. The number of aliphatic imine (C=N–C) groups is 3. The van der Waals surface area contributed by atoms with Gasteiger partial charge in [-0.15, -0.1) is 0 Å². The number of nitrogens with zero attached hydrogens (tertiary/aromatic N) is 3. The van der Waals surface area contributed by atoms with Crippen LogP contribution in [0.25, 0.3) is 28.0 Å². The van der Waals surface area contributed by atoms with Gasteiger partial charge < -0.3 is 10.1 Å². The van der Waals surface area contributed by atoms with Crippen LogP contribution in [0.1, 0.15) is 50.7 Å². The van der Waals surface area contributed by atoms with Crippen molar-refractivity contribution < 1.29 is 4.74 Å². The number of nitrogens with one attached hydrogen (secondary N) is 1. The van der Waals surface area contributed by atoms with Crippen molar-refractivity contribution in [1.82, 2.24) is 5.32 Å². The third-order valence-electron chi connectivity index (χ3n) is 11.0. The van der Waals surface area contributed by atoms with Crippen molar-refractivity contribution in [3.8, 4) is 33.8 Å². The minimum Gasteiger partial charge on any atom is -0.457 e. The van der Waals surface area contributed by atoms with Gasteiger partial charge in [0.05, 0.1) is 11.1 Å². The second-order valence-electron chi connectivity index (χ2n) is 14.0. The van der Waals surface area contributed by atoms with Gasteiger partial charge in [0.25, 0.3) is 0 Å². The standard InChI is InChI=1S/C49H32N4O/c1-2-13-31(14-3-1)46-51-47(35-18-11-16-33(30-35)32-15-10-17-34(29-32)42-27-28-50-42)53-48(52-46)38-21-12-20-37-36-19-4-5-22-39(36)49(45(37)38)40-23-6-8-25-43(40)54-44-26-9-7-24-41(44)49/h1-30,47H,(H,51,52,53). The summed E-state index contributed by atoms with van der Waals surface area (Å²) < 4.78 is 6.63. The number of benzene rings is 7. The van der Waals surface area contributed by atoms with Crippen molar-refractivity contribution in [2.45, 2.75) is 11.6 Å². The van der Waals surface area contributed by atoms with Crippen LogP contribution in [0.2, 0.25) is 0 Å². The summed E-state index contributed by atoms with van der Waals surface area (Å²) in [6.07, 6.45) is 3.39. The lowest BCUT2D eigenvalue weighted by Crippen LogP contribution is -2.39.